The van der Waals surface area contributed by atoms with Crippen LogP contribution in [0, 0.1) is 5.92 Å². The van der Waals surface area contributed by atoms with Crippen molar-refractivity contribution in [2.75, 3.05) is 16.0 Å². The van der Waals surface area contributed by atoms with Gasteiger partial charge in [-0.2, -0.15) is 0 Å². The Morgan fingerprint density at radius 1 is 1.14 bits per heavy atom. The lowest BCUT2D eigenvalue weighted by Crippen LogP contribution is -2.27. The van der Waals surface area contributed by atoms with Gasteiger partial charge in [0.2, 0.25) is 11.8 Å². The van der Waals surface area contributed by atoms with Crippen LogP contribution in [-0.2, 0) is 22.4 Å². The van der Waals surface area contributed by atoms with Crippen LogP contribution in [0.3, 0.4) is 0 Å². The van der Waals surface area contributed by atoms with Gasteiger partial charge in [0, 0.05) is 17.8 Å². The van der Waals surface area contributed by atoms with Gasteiger partial charge in [-0.05, 0) is 66.1 Å². The third-order valence-electron chi connectivity index (χ3n) is 5.30. The lowest BCUT2D eigenvalue weighted by molar-refractivity contribution is -0.117. The van der Waals surface area contributed by atoms with E-state index in [4.69, 9.17) is 0 Å². The second-order valence-corrected chi connectivity index (χ2v) is 9.07. The van der Waals surface area contributed by atoms with Gasteiger partial charge in [0.25, 0.3) is 0 Å². The van der Waals surface area contributed by atoms with Crippen molar-refractivity contribution in [1.29, 1.82) is 0 Å². The summed E-state index contributed by atoms with van der Waals surface area (Å²) in [4.78, 5) is 26.5. The molecule has 1 aliphatic carbocycles. The topological polar surface area (TPSA) is 49.4 Å². The maximum absolute atomic E-state index is 12.6. The smallest absolute Gasteiger partial charge is 0.238 e. The zero-order valence-corrected chi connectivity index (χ0v) is 17.2. The molecular formula is C23H26N2O2S. The normalized spacial score (nSPS) is 18.6. The number of aryl methyl sites for hydroxylation is 2. The Morgan fingerprint density at radius 2 is 1.89 bits per heavy atom. The number of hydrogen-bond acceptors (Lipinski definition) is 3. The SMILES string of the molecule is CC(C)CC(=O)Nc1ccc([C@@H]2SCC(=O)N2c2ccc3c(c2)CCC3)cc1. The summed E-state index contributed by atoms with van der Waals surface area (Å²) < 4.78 is 0. The number of fused-ring (bicyclic) bond motifs is 1. The summed E-state index contributed by atoms with van der Waals surface area (Å²) in [6, 6.07) is 14.3. The molecule has 2 aromatic rings. The highest BCUT2D eigenvalue weighted by Gasteiger charge is 2.34. The van der Waals surface area contributed by atoms with Gasteiger partial charge in [0.05, 0.1) is 5.75 Å². The van der Waals surface area contributed by atoms with Gasteiger partial charge in [-0.3, -0.25) is 14.5 Å². The molecule has 0 saturated carbocycles. The van der Waals surface area contributed by atoms with E-state index in [1.165, 1.54) is 17.5 Å². The van der Waals surface area contributed by atoms with Crippen LogP contribution >= 0.6 is 11.8 Å². The fraction of sp³-hybridized carbons (Fsp3) is 0.391. The lowest BCUT2D eigenvalue weighted by Gasteiger charge is -2.25. The predicted octanol–water partition coefficient (Wildman–Crippen LogP) is 4.94. The number of anilines is 2. The molecule has 4 nitrogen and oxygen atoms in total. The minimum atomic E-state index is -0.0210. The number of thioether (sulfide) groups is 1. The number of hydrogen-bond donors (Lipinski definition) is 1. The van der Waals surface area contributed by atoms with Gasteiger partial charge >= 0.3 is 0 Å². The lowest BCUT2D eigenvalue weighted by atomic mass is 10.1. The molecule has 1 fully saturated rings. The first-order valence-corrected chi connectivity index (χ1v) is 11.0. The fourth-order valence-electron chi connectivity index (χ4n) is 3.97. The fourth-order valence-corrected chi connectivity index (χ4v) is 5.15. The Balaban J connectivity index is 1.53. The molecule has 1 aliphatic heterocycles. The highest BCUT2D eigenvalue weighted by atomic mass is 32.2. The van der Waals surface area contributed by atoms with Crippen LogP contribution < -0.4 is 10.2 Å². The van der Waals surface area contributed by atoms with Gasteiger partial charge in [-0.25, -0.2) is 0 Å². The van der Waals surface area contributed by atoms with Crippen LogP contribution in [0.4, 0.5) is 11.4 Å². The summed E-state index contributed by atoms with van der Waals surface area (Å²) in [5.74, 6) is 1.02. The number of carbonyl (C=O) groups is 2. The van der Waals surface area contributed by atoms with E-state index in [2.05, 4.69) is 23.5 Å². The van der Waals surface area contributed by atoms with Crippen LogP contribution in [0.1, 0.15) is 48.8 Å². The Labute approximate surface area is 170 Å². The molecular weight excluding hydrogens is 368 g/mol. The van der Waals surface area contributed by atoms with Crippen molar-refractivity contribution >= 4 is 35.0 Å². The third-order valence-corrected chi connectivity index (χ3v) is 6.51. The molecule has 1 heterocycles. The number of carbonyl (C=O) groups excluding carboxylic acids is 2. The molecule has 28 heavy (non-hydrogen) atoms. The highest BCUT2D eigenvalue weighted by molar-refractivity contribution is 8.00. The summed E-state index contributed by atoms with van der Waals surface area (Å²) in [5.41, 5.74) is 5.67. The number of benzene rings is 2. The molecule has 0 aromatic heterocycles. The summed E-state index contributed by atoms with van der Waals surface area (Å²) in [6.45, 7) is 4.06. The monoisotopic (exact) mass is 394 g/mol. The number of nitrogens with one attached hydrogen (secondary N) is 1. The van der Waals surface area contributed by atoms with E-state index in [1.54, 1.807) is 11.8 Å². The van der Waals surface area contributed by atoms with Crippen molar-refractivity contribution in [3.05, 3.63) is 59.2 Å². The molecule has 0 bridgehead atoms. The van der Waals surface area contributed by atoms with Gasteiger partial charge in [-0.15, -0.1) is 11.8 Å². The summed E-state index contributed by atoms with van der Waals surface area (Å²) >= 11 is 1.66. The van der Waals surface area contributed by atoms with Gasteiger partial charge in [-0.1, -0.05) is 32.0 Å². The summed E-state index contributed by atoms with van der Waals surface area (Å²) in [7, 11) is 0. The second kappa shape index (κ2) is 8.00. The maximum atomic E-state index is 12.6. The Hall–Kier alpha value is -2.27. The average molecular weight is 395 g/mol. The van der Waals surface area contributed by atoms with E-state index in [0.717, 1.165) is 29.8 Å². The van der Waals surface area contributed by atoms with Crippen LogP contribution in [0.25, 0.3) is 0 Å². The molecule has 2 aliphatic rings. The molecule has 0 radical (unpaired) electrons. The minimum absolute atomic E-state index is 0.0210. The van der Waals surface area contributed by atoms with Crippen molar-refractivity contribution in [2.45, 2.75) is 44.9 Å². The molecule has 2 aromatic carbocycles. The number of nitrogens with zero attached hydrogens (tertiary/aromatic N) is 1. The van der Waals surface area contributed by atoms with Crippen molar-refractivity contribution in [1.82, 2.24) is 0 Å². The van der Waals surface area contributed by atoms with E-state index in [-0.39, 0.29) is 17.2 Å². The van der Waals surface area contributed by atoms with E-state index in [0.29, 0.717) is 18.1 Å². The van der Waals surface area contributed by atoms with E-state index in [9.17, 15) is 9.59 Å². The largest absolute Gasteiger partial charge is 0.326 e. The van der Waals surface area contributed by atoms with Crippen LogP contribution in [0.5, 0.6) is 0 Å². The Kier molecular flexibility index (Phi) is 5.44. The molecule has 5 heteroatoms. The van der Waals surface area contributed by atoms with Crippen molar-refractivity contribution in [3.8, 4) is 0 Å². The first kappa shape index (κ1) is 19.1. The van der Waals surface area contributed by atoms with Crippen LogP contribution in [0.15, 0.2) is 42.5 Å². The van der Waals surface area contributed by atoms with Gasteiger partial charge in [0.15, 0.2) is 0 Å². The molecule has 0 spiro atoms. The van der Waals surface area contributed by atoms with Crippen molar-refractivity contribution in [3.63, 3.8) is 0 Å². The van der Waals surface area contributed by atoms with Crippen molar-refractivity contribution < 1.29 is 9.59 Å². The number of amides is 2. The quantitative estimate of drug-likeness (QED) is 0.781. The third kappa shape index (κ3) is 3.95. The first-order chi connectivity index (χ1) is 13.5. The predicted molar refractivity (Wildman–Crippen MR) is 116 cm³/mol. The van der Waals surface area contributed by atoms with E-state index in [1.807, 2.05) is 43.0 Å². The zero-order chi connectivity index (χ0) is 19.7. The molecule has 1 atom stereocenters. The highest BCUT2D eigenvalue weighted by Crippen LogP contribution is 2.42. The molecule has 2 amide bonds. The zero-order valence-electron chi connectivity index (χ0n) is 16.4. The van der Waals surface area contributed by atoms with Gasteiger partial charge < -0.3 is 5.32 Å². The Morgan fingerprint density at radius 3 is 2.64 bits per heavy atom. The minimum Gasteiger partial charge on any atom is -0.326 e. The molecule has 4 rings (SSSR count). The van der Waals surface area contributed by atoms with E-state index >= 15 is 0 Å². The average Bonchev–Trinajstić information content (AvgIpc) is 3.27. The molecule has 0 unspecified atom stereocenters. The number of rotatable bonds is 5. The molecule has 146 valence electrons. The first-order valence-electron chi connectivity index (χ1n) is 9.96. The summed E-state index contributed by atoms with van der Waals surface area (Å²) in [5, 5.41) is 2.92. The van der Waals surface area contributed by atoms with Gasteiger partial charge in [0.1, 0.15) is 5.37 Å². The standard InChI is InChI=1S/C23H26N2O2S/c1-15(2)12-21(26)24-19-9-6-17(7-10-19)23-25(22(27)14-28-23)20-11-8-16-4-3-5-18(16)13-20/h6-11,13,15,23H,3-5,12,14H2,1-2H3,(H,24,26)/t23-/m0/s1. The van der Waals surface area contributed by atoms with Crippen LogP contribution in [0.2, 0.25) is 0 Å². The molecule has 1 N–H and O–H groups in total. The van der Waals surface area contributed by atoms with Crippen LogP contribution in [-0.4, -0.2) is 17.6 Å². The summed E-state index contributed by atoms with van der Waals surface area (Å²) in [6.07, 6.45) is 3.97. The second-order valence-electron chi connectivity index (χ2n) is 8.00. The van der Waals surface area contributed by atoms with Crippen molar-refractivity contribution in [2.24, 2.45) is 5.92 Å². The maximum Gasteiger partial charge on any atom is 0.238 e. The van der Waals surface area contributed by atoms with E-state index < -0.39 is 0 Å². The Bertz CT molecular complexity index is 892. The molecule has 1 saturated heterocycles.